The van der Waals surface area contributed by atoms with Crippen molar-refractivity contribution in [3.8, 4) is 5.69 Å². The van der Waals surface area contributed by atoms with Crippen LogP contribution >= 0.6 is 0 Å². The molecule has 1 unspecified atom stereocenters. The standard InChI is InChI=1S/C15H16F3N3O3/c1-24-9-12(22)8-19-14(23)13-5-6-21(20-13)11-4-2-3-10(7-11)15(16,17)18/h2-7,12,22H,8-9H2,1H3,(H,19,23). The lowest BCUT2D eigenvalue weighted by Crippen LogP contribution is -2.34. The van der Waals surface area contributed by atoms with Gasteiger partial charge in [0.1, 0.15) is 0 Å². The molecular weight excluding hydrogens is 327 g/mol. The lowest BCUT2D eigenvalue weighted by molar-refractivity contribution is -0.137. The molecule has 9 heteroatoms. The summed E-state index contributed by atoms with van der Waals surface area (Å²) in [4.78, 5) is 11.9. The molecule has 2 rings (SSSR count). The van der Waals surface area contributed by atoms with Crippen molar-refractivity contribution >= 4 is 5.91 Å². The molecule has 0 saturated carbocycles. The number of halogens is 3. The second kappa shape index (κ2) is 7.45. The van der Waals surface area contributed by atoms with Crippen molar-refractivity contribution in [2.24, 2.45) is 0 Å². The fourth-order valence-electron chi connectivity index (χ4n) is 1.97. The first-order valence-corrected chi connectivity index (χ1v) is 7.00. The zero-order valence-electron chi connectivity index (χ0n) is 12.7. The molecule has 0 saturated heterocycles. The Balaban J connectivity index is 2.09. The minimum Gasteiger partial charge on any atom is -0.389 e. The van der Waals surface area contributed by atoms with Gasteiger partial charge in [-0.1, -0.05) is 6.07 Å². The third-order valence-corrected chi connectivity index (χ3v) is 3.12. The predicted molar refractivity (Wildman–Crippen MR) is 78.8 cm³/mol. The quantitative estimate of drug-likeness (QED) is 0.836. The molecule has 6 nitrogen and oxygen atoms in total. The van der Waals surface area contributed by atoms with E-state index in [1.807, 2.05) is 0 Å². The van der Waals surface area contributed by atoms with Crippen LogP contribution < -0.4 is 5.32 Å². The molecule has 0 bridgehead atoms. The van der Waals surface area contributed by atoms with Crippen molar-refractivity contribution in [1.29, 1.82) is 0 Å². The van der Waals surface area contributed by atoms with Crippen molar-refractivity contribution < 1.29 is 27.8 Å². The number of nitrogens with zero attached hydrogens (tertiary/aromatic N) is 2. The van der Waals surface area contributed by atoms with Gasteiger partial charge < -0.3 is 15.2 Å². The molecular formula is C15H16F3N3O3. The molecule has 0 spiro atoms. The van der Waals surface area contributed by atoms with Crippen molar-refractivity contribution in [3.05, 3.63) is 47.8 Å². The number of ether oxygens (including phenoxy) is 1. The van der Waals surface area contributed by atoms with Crippen LogP contribution in [0.25, 0.3) is 5.69 Å². The number of methoxy groups -OCH3 is 1. The zero-order chi connectivity index (χ0) is 17.7. The third kappa shape index (κ3) is 4.56. The maximum Gasteiger partial charge on any atom is 0.416 e. The number of hydrogen-bond acceptors (Lipinski definition) is 4. The molecule has 1 aromatic carbocycles. The average Bonchev–Trinajstić information content (AvgIpc) is 3.02. The molecule has 2 aromatic rings. The zero-order valence-corrected chi connectivity index (χ0v) is 12.7. The van der Waals surface area contributed by atoms with Crippen LogP contribution in [0, 0.1) is 0 Å². The average molecular weight is 343 g/mol. The van der Waals surface area contributed by atoms with Gasteiger partial charge in [-0.05, 0) is 24.3 Å². The molecule has 0 aliphatic rings. The lowest BCUT2D eigenvalue weighted by atomic mass is 10.2. The number of carbonyl (C=O) groups is 1. The van der Waals surface area contributed by atoms with E-state index in [1.54, 1.807) is 0 Å². The molecule has 1 amide bonds. The Hall–Kier alpha value is -2.39. The molecule has 1 atom stereocenters. The Morgan fingerprint density at radius 2 is 2.17 bits per heavy atom. The Morgan fingerprint density at radius 3 is 2.83 bits per heavy atom. The summed E-state index contributed by atoms with van der Waals surface area (Å²) >= 11 is 0. The lowest BCUT2D eigenvalue weighted by Gasteiger charge is -2.10. The van der Waals surface area contributed by atoms with E-state index in [1.165, 1.54) is 36.2 Å². The number of benzene rings is 1. The van der Waals surface area contributed by atoms with Crippen LogP contribution in [0.1, 0.15) is 16.1 Å². The molecule has 0 radical (unpaired) electrons. The van der Waals surface area contributed by atoms with Gasteiger partial charge in [-0.25, -0.2) is 4.68 Å². The van der Waals surface area contributed by atoms with Gasteiger partial charge in [0.25, 0.3) is 5.91 Å². The van der Waals surface area contributed by atoms with Crippen LogP contribution in [0.5, 0.6) is 0 Å². The Bertz CT molecular complexity index is 701. The summed E-state index contributed by atoms with van der Waals surface area (Å²) in [5, 5.41) is 15.9. The van der Waals surface area contributed by atoms with Crippen molar-refractivity contribution in [1.82, 2.24) is 15.1 Å². The number of aliphatic hydroxyl groups is 1. The van der Waals surface area contributed by atoms with E-state index in [-0.39, 0.29) is 24.5 Å². The summed E-state index contributed by atoms with van der Waals surface area (Å²) in [6, 6.07) is 5.99. The number of alkyl halides is 3. The highest BCUT2D eigenvalue weighted by Gasteiger charge is 2.30. The summed E-state index contributed by atoms with van der Waals surface area (Å²) in [5.74, 6) is -0.545. The molecule has 24 heavy (non-hydrogen) atoms. The van der Waals surface area contributed by atoms with E-state index in [9.17, 15) is 23.1 Å². The predicted octanol–water partition coefficient (Wildman–Crippen LogP) is 1.63. The van der Waals surface area contributed by atoms with Crippen molar-refractivity contribution in [2.75, 3.05) is 20.3 Å². The summed E-state index contributed by atoms with van der Waals surface area (Å²) in [6.07, 6.45) is -3.93. The number of hydrogen-bond donors (Lipinski definition) is 2. The second-order valence-electron chi connectivity index (χ2n) is 5.01. The van der Waals surface area contributed by atoms with Crippen LogP contribution in [0.2, 0.25) is 0 Å². The molecule has 0 aliphatic heterocycles. The third-order valence-electron chi connectivity index (χ3n) is 3.12. The fraction of sp³-hybridized carbons (Fsp3) is 0.333. The summed E-state index contributed by atoms with van der Waals surface area (Å²) < 4.78 is 44.1. The summed E-state index contributed by atoms with van der Waals surface area (Å²) in [7, 11) is 1.42. The monoisotopic (exact) mass is 343 g/mol. The Morgan fingerprint density at radius 1 is 1.42 bits per heavy atom. The molecule has 130 valence electrons. The van der Waals surface area contributed by atoms with Gasteiger partial charge >= 0.3 is 6.18 Å². The number of aromatic nitrogens is 2. The Kier molecular flexibility index (Phi) is 5.58. The van der Waals surface area contributed by atoms with Gasteiger partial charge in [-0.3, -0.25) is 4.79 Å². The van der Waals surface area contributed by atoms with E-state index >= 15 is 0 Å². The van der Waals surface area contributed by atoms with Gasteiger partial charge in [-0.15, -0.1) is 0 Å². The Labute approximate surface area is 135 Å². The molecule has 0 aliphatic carbocycles. The number of carbonyl (C=O) groups excluding carboxylic acids is 1. The molecule has 1 heterocycles. The highest BCUT2D eigenvalue weighted by atomic mass is 19.4. The van der Waals surface area contributed by atoms with Gasteiger partial charge in [0.15, 0.2) is 5.69 Å². The summed E-state index contributed by atoms with van der Waals surface area (Å²) in [5.41, 5.74) is -0.593. The normalized spacial score (nSPS) is 12.9. The fourth-order valence-corrected chi connectivity index (χ4v) is 1.97. The molecule has 0 fully saturated rings. The highest BCUT2D eigenvalue weighted by molar-refractivity contribution is 5.92. The maximum absolute atomic E-state index is 12.7. The van der Waals surface area contributed by atoms with Crippen molar-refractivity contribution in [3.63, 3.8) is 0 Å². The second-order valence-corrected chi connectivity index (χ2v) is 5.01. The van der Waals surface area contributed by atoms with Crippen LogP contribution in [0.4, 0.5) is 13.2 Å². The van der Waals surface area contributed by atoms with E-state index in [2.05, 4.69) is 10.4 Å². The van der Waals surface area contributed by atoms with Crippen LogP contribution in [0.15, 0.2) is 36.5 Å². The van der Waals surface area contributed by atoms with Crippen LogP contribution in [0.3, 0.4) is 0 Å². The van der Waals surface area contributed by atoms with Gasteiger partial charge in [0, 0.05) is 19.9 Å². The smallest absolute Gasteiger partial charge is 0.389 e. The number of rotatable bonds is 6. The first-order valence-electron chi connectivity index (χ1n) is 7.00. The van der Waals surface area contributed by atoms with E-state index in [0.717, 1.165) is 12.1 Å². The van der Waals surface area contributed by atoms with E-state index in [0.29, 0.717) is 0 Å². The minimum atomic E-state index is -4.46. The molecule has 1 aromatic heterocycles. The van der Waals surface area contributed by atoms with E-state index in [4.69, 9.17) is 4.74 Å². The first kappa shape index (κ1) is 18.0. The number of nitrogens with one attached hydrogen (secondary N) is 1. The SMILES string of the molecule is COCC(O)CNC(=O)c1ccn(-c2cccc(C(F)(F)F)c2)n1. The maximum atomic E-state index is 12.7. The van der Waals surface area contributed by atoms with Crippen LogP contribution in [-0.4, -0.2) is 47.2 Å². The summed E-state index contributed by atoms with van der Waals surface area (Å²) in [6.45, 7) is 0.0437. The van der Waals surface area contributed by atoms with Gasteiger partial charge in [-0.2, -0.15) is 18.3 Å². The number of amides is 1. The largest absolute Gasteiger partial charge is 0.416 e. The number of aliphatic hydroxyl groups excluding tert-OH is 1. The van der Waals surface area contributed by atoms with Crippen LogP contribution in [-0.2, 0) is 10.9 Å². The topological polar surface area (TPSA) is 76.4 Å². The van der Waals surface area contributed by atoms with E-state index < -0.39 is 23.8 Å². The minimum absolute atomic E-state index is 0.0247. The van der Waals surface area contributed by atoms with Gasteiger partial charge in [0.05, 0.1) is 24.0 Å². The van der Waals surface area contributed by atoms with Gasteiger partial charge in [0.2, 0.25) is 0 Å². The highest BCUT2D eigenvalue weighted by Crippen LogP contribution is 2.30. The first-order chi connectivity index (χ1) is 11.3. The molecule has 2 N–H and O–H groups in total. The van der Waals surface area contributed by atoms with Crippen molar-refractivity contribution in [2.45, 2.75) is 12.3 Å².